The van der Waals surface area contributed by atoms with Crippen LogP contribution in [0.1, 0.15) is 15.9 Å². The van der Waals surface area contributed by atoms with Gasteiger partial charge in [0, 0.05) is 27.8 Å². The van der Waals surface area contributed by atoms with Crippen molar-refractivity contribution >= 4 is 51.6 Å². The number of esters is 1. The number of anilines is 1. The van der Waals surface area contributed by atoms with Crippen LogP contribution in [0.15, 0.2) is 42.5 Å². The Kier molecular flexibility index (Phi) is 6.99. The molecule has 2 rings (SSSR count). The summed E-state index contributed by atoms with van der Waals surface area (Å²) in [4.78, 5) is 23.9. The Hall–Kier alpha value is -1.89. The normalized spacial score (nSPS) is 11.6. The zero-order valence-electron chi connectivity index (χ0n) is 13.3. The Morgan fingerprint density at radius 1 is 1.16 bits per heavy atom. The smallest absolute Gasteiger partial charge is 0.338 e. The van der Waals surface area contributed by atoms with Gasteiger partial charge in [-0.3, -0.25) is 9.00 Å². The minimum absolute atomic E-state index is 0.288. The van der Waals surface area contributed by atoms with Crippen molar-refractivity contribution < 1.29 is 18.5 Å². The quantitative estimate of drug-likeness (QED) is 0.752. The molecule has 1 amide bonds. The second-order valence-electron chi connectivity index (χ2n) is 5.17. The predicted octanol–water partition coefficient (Wildman–Crippen LogP) is 3.67. The average Bonchev–Trinajstić information content (AvgIpc) is 2.55. The van der Waals surface area contributed by atoms with Crippen molar-refractivity contribution in [2.45, 2.75) is 5.75 Å². The van der Waals surface area contributed by atoms with E-state index in [-0.39, 0.29) is 5.56 Å². The van der Waals surface area contributed by atoms with Gasteiger partial charge in [-0.2, -0.15) is 0 Å². The van der Waals surface area contributed by atoms with Gasteiger partial charge in [0.1, 0.15) is 0 Å². The molecule has 0 aromatic heterocycles. The first-order chi connectivity index (χ1) is 11.8. The number of carbonyl (C=O) groups excluding carboxylic acids is 2. The Morgan fingerprint density at radius 2 is 1.92 bits per heavy atom. The van der Waals surface area contributed by atoms with Gasteiger partial charge in [-0.1, -0.05) is 35.3 Å². The van der Waals surface area contributed by atoms with E-state index in [9.17, 15) is 13.8 Å². The van der Waals surface area contributed by atoms with Crippen LogP contribution in [0, 0.1) is 0 Å². The highest BCUT2D eigenvalue weighted by molar-refractivity contribution is 7.83. The van der Waals surface area contributed by atoms with Crippen LogP contribution in [0.2, 0.25) is 10.0 Å². The largest absolute Gasteiger partial charge is 0.452 e. The molecule has 0 aliphatic heterocycles. The number of hydrogen-bond acceptors (Lipinski definition) is 4. The van der Waals surface area contributed by atoms with Crippen LogP contribution in [-0.2, 0) is 26.1 Å². The lowest BCUT2D eigenvalue weighted by atomic mass is 10.1. The number of carbonyl (C=O) groups is 2. The molecule has 25 heavy (non-hydrogen) atoms. The van der Waals surface area contributed by atoms with Crippen molar-refractivity contribution in [3.8, 4) is 0 Å². The summed E-state index contributed by atoms with van der Waals surface area (Å²) in [5.74, 6) is -0.839. The summed E-state index contributed by atoms with van der Waals surface area (Å²) in [6.45, 7) is -0.467. The maximum Gasteiger partial charge on any atom is 0.338 e. The van der Waals surface area contributed by atoms with E-state index >= 15 is 0 Å². The van der Waals surface area contributed by atoms with Gasteiger partial charge in [-0.25, -0.2) is 4.79 Å². The van der Waals surface area contributed by atoms with Gasteiger partial charge in [-0.15, -0.1) is 0 Å². The summed E-state index contributed by atoms with van der Waals surface area (Å²) in [6, 6.07) is 11.2. The van der Waals surface area contributed by atoms with Gasteiger partial charge in [-0.05, 0) is 35.9 Å². The molecular formula is C17H15Cl2NO4S. The third-order valence-electron chi connectivity index (χ3n) is 3.07. The number of nitrogens with one attached hydrogen (secondary N) is 1. The lowest BCUT2D eigenvalue weighted by molar-refractivity contribution is -0.119. The molecule has 2 aromatic carbocycles. The van der Waals surface area contributed by atoms with Crippen LogP contribution in [-0.4, -0.2) is 28.9 Å². The fourth-order valence-corrected chi connectivity index (χ4v) is 3.00. The fourth-order valence-electron chi connectivity index (χ4n) is 2.02. The van der Waals surface area contributed by atoms with Crippen LogP contribution in [0.4, 0.5) is 5.69 Å². The first-order valence-corrected chi connectivity index (χ1v) is 9.64. The Labute approximate surface area is 157 Å². The monoisotopic (exact) mass is 399 g/mol. The molecule has 1 N–H and O–H groups in total. The third kappa shape index (κ3) is 6.16. The molecule has 0 heterocycles. The lowest BCUT2D eigenvalue weighted by Gasteiger charge is -2.09. The molecule has 132 valence electrons. The van der Waals surface area contributed by atoms with Crippen LogP contribution in [0.25, 0.3) is 0 Å². The van der Waals surface area contributed by atoms with Crippen molar-refractivity contribution in [3.63, 3.8) is 0 Å². The standard InChI is InChI=1S/C17H15Cl2NO4S/c1-25(23)10-11-3-2-4-12(7-11)17(22)24-9-16(21)20-15-8-13(18)5-6-14(15)19/h2-8H,9-10H2,1H3,(H,20,21). The lowest BCUT2D eigenvalue weighted by Crippen LogP contribution is -2.21. The van der Waals surface area contributed by atoms with Crippen molar-refractivity contribution in [2.24, 2.45) is 0 Å². The maximum atomic E-state index is 12.0. The van der Waals surface area contributed by atoms with Crippen molar-refractivity contribution in [2.75, 3.05) is 18.2 Å². The van der Waals surface area contributed by atoms with Gasteiger partial charge < -0.3 is 10.1 Å². The van der Waals surface area contributed by atoms with Gasteiger partial charge in [0.05, 0.1) is 16.3 Å². The molecular weight excluding hydrogens is 385 g/mol. The molecule has 0 fully saturated rings. The summed E-state index contributed by atoms with van der Waals surface area (Å²) in [5, 5.41) is 3.26. The summed E-state index contributed by atoms with van der Waals surface area (Å²) in [6.07, 6.45) is 1.58. The Bertz CT molecular complexity index is 826. The molecule has 0 aliphatic carbocycles. The number of hydrogen-bond donors (Lipinski definition) is 1. The van der Waals surface area contributed by atoms with Gasteiger partial charge in [0.2, 0.25) is 0 Å². The van der Waals surface area contributed by atoms with Crippen molar-refractivity contribution in [3.05, 3.63) is 63.6 Å². The number of rotatable bonds is 6. The Morgan fingerprint density at radius 3 is 2.64 bits per heavy atom. The maximum absolute atomic E-state index is 12.0. The van der Waals surface area contributed by atoms with E-state index in [0.717, 1.165) is 5.56 Å². The molecule has 0 radical (unpaired) electrons. The molecule has 0 saturated carbocycles. The number of amides is 1. The first kappa shape index (κ1) is 19.4. The minimum atomic E-state index is -1.02. The van der Waals surface area contributed by atoms with Crippen LogP contribution in [0.5, 0.6) is 0 Å². The van der Waals surface area contributed by atoms with Crippen LogP contribution in [0.3, 0.4) is 0 Å². The van der Waals surface area contributed by atoms with Gasteiger partial charge >= 0.3 is 5.97 Å². The predicted molar refractivity (Wildman–Crippen MR) is 99.6 cm³/mol. The molecule has 8 heteroatoms. The molecule has 2 aromatic rings. The number of halogens is 2. The zero-order chi connectivity index (χ0) is 18.4. The summed E-state index contributed by atoms with van der Waals surface area (Å²) in [5.41, 5.74) is 1.38. The zero-order valence-corrected chi connectivity index (χ0v) is 15.6. The van der Waals surface area contributed by atoms with Crippen LogP contribution < -0.4 is 5.32 Å². The minimum Gasteiger partial charge on any atom is -0.452 e. The highest BCUT2D eigenvalue weighted by Crippen LogP contribution is 2.25. The third-order valence-corrected chi connectivity index (χ3v) is 4.37. The van der Waals surface area contributed by atoms with E-state index in [0.29, 0.717) is 21.5 Å². The molecule has 0 aliphatic rings. The van der Waals surface area contributed by atoms with E-state index in [1.165, 1.54) is 6.07 Å². The second kappa shape index (κ2) is 8.99. The Balaban J connectivity index is 1.94. The molecule has 5 nitrogen and oxygen atoms in total. The van der Waals surface area contributed by atoms with E-state index in [2.05, 4.69) is 5.32 Å². The van der Waals surface area contributed by atoms with E-state index in [1.807, 2.05) is 0 Å². The summed E-state index contributed by atoms with van der Waals surface area (Å²) >= 11 is 11.8. The topological polar surface area (TPSA) is 72.5 Å². The van der Waals surface area contributed by atoms with Crippen molar-refractivity contribution in [1.29, 1.82) is 0 Å². The molecule has 0 bridgehead atoms. The van der Waals surface area contributed by atoms with E-state index < -0.39 is 29.3 Å². The second-order valence-corrected chi connectivity index (χ2v) is 7.45. The number of benzene rings is 2. The molecule has 1 atom stereocenters. The molecule has 1 unspecified atom stereocenters. The first-order valence-electron chi connectivity index (χ1n) is 7.16. The highest BCUT2D eigenvalue weighted by atomic mass is 35.5. The van der Waals surface area contributed by atoms with E-state index in [4.69, 9.17) is 27.9 Å². The SMILES string of the molecule is CS(=O)Cc1cccc(C(=O)OCC(=O)Nc2cc(Cl)ccc2Cl)c1. The van der Waals surface area contributed by atoms with Gasteiger partial charge in [0.25, 0.3) is 5.91 Å². The molecule has 0 saturated heterocycles. The van der Waals surface area contributed by atoms with Crippen molar-refractivity contribution in [1.82, 2.24) is 0 Å². The summed E-state index contributed by atoms with van der Waals surface area (Å²) in [7, 11) is -1.02. The van der Waals surface area contributed by atoms with Gasteiger partial charge in [0.15, 0.2) is 6.61 Å². The van der Waals surface area contributed by atoms with Crippen LogP contribution >= 0.6 is 23.2 Å². The summed E-state index contributed by atoms with van der Waals surface area (Å²) < 4.78 is 16.2. The van der Waals surface area contributed by atoms with E-state index in [1.54, 1.807) is 42.7 Å². The molecule has 0 spiro atoms. The number of ether oxygens (including phenoxy) is 1. The highest BCUT2D eigenvalue weighted by Gasteiger charge is 2.12. The fraction of sp³-hybridized carbons (Fsp3) is 0.176. The average molecular weight is 400 g/mol.